The number of aromatic nitrogens is 3. The average Bonchev–Trinajstić information content (AvgIpc) is 3.20. The van der Waals surface area contributed by atoms with Crippen LogP contribution in [0.15, 0.2) is 36.7 Å². The van der Waals surface area contributed by atoms with Crippen molar-refractivity contribution in [2.24, 2.45) is 0 Å². The summed E-state index contributed by atoms with van der Waals surface area (Å²) in [4.78, 5) is 14.8. The van der Waals surface area contributed by atoms with Crippen molar-refractivity contribution >= 4 is 11.3 Å². The standard InChI is InChI=1S/C22H25N3O2S/c1-15(2)26-14-22-24-12-20(28-22)18-11-21(25-19-9-4-3-8-17(18)19)27-13-16-7-5-6-10-23-16/h5-7,10-12,15H,3-4,8-9,13-14H2,1-2H3. The maximum absolute atomic E-state index is 5.99. The predicted molar refractivity (Wildman–Crippen MR) is 110 cm³/mol. The minimum Gasteiger partial charge on any atom is -0.471 e. The van der Waals surface area contributed by atoms with Crippen LogP contribution in [0.25, 0.3) is 10.4 Å². The summed E-state index contributed by atoms with van der Waals surface area (Å²) in [6, 6.07) is 7.90. The van der Waals surface area contributed by atoms with Crippen molar-refractivity contribution < 1.29 is 9.47 Å². The van der Waals surface area contributed by atoms with E-state index >= 15 is 0 Å². The number of ether oxygens (including phenoxy) is 2. The fourth-order valence-electron chi connectivity index (χ4n) is 3.34. The summed E-state index contributed by atoms with van der Waals surface area (Å²) in [6.45, 7) is 5.05. The van der Waals surface area contributed by atoms with Crippen molar-refractivity contribution in [3.63, 3.8) is 0 Å². The molecule has 0 N–H and O–H groups in total. The molecule has 0 amide bonds. The van der Waals surface area contributed by atoms with Gasteiger partial charge >= 0.3 is 0 Å². The molecule has 3 heterocycles. The summed E-state index contributed by atoms with van der Waals surface area (Å²) in [5.41, 5.74) is 4.60. The van der Waals surface area contributed by atoms with Crippen molar-refractivity contribution in [1.82, 2.24) is 15.0 Å². The molecular weight excluding hydrogens is 370 g/mol. The maximum Gasteiger partial charge on any atom is 0.214 e. The number of fused-ring (bicyclic) bond motifs is 1. The van der Waals surface area contributed by atoms with Crippen LogP contribution < -0.4 is 4.74 Å². The maximum atomic E-state index is 5.99. The molecule has 0 atom stereocenters. The second-order valence-corrected chi connectivity index (χ2v) is 8.34. The van der Waals surface area contributed by atoms with Crippen LogP contribution in [0, 0.1) is 0 Å². The summed E-state index contributed by atoms with van der Waals surface area (Å²) in [5, 5.41) is 1.00. The summed E-state index contributed by atoms with van der Waals surface area (Å²) < 4.78 is 11.7. The van der Waals surface area contributed by atoms with Crippen molar-refractivity contribution in [3.05, 3.63) is 58.6 Å². The second kappa shape index (κ2) is 8.80. The van der Waals surface area contributed by atoms with Gasteiger partial charge < -0.3 is 9.47 Å². The van der Waals surface area contributed by atoms with Gasteiger partial charge in [-0.15, -0.1) is 11.3 Å². The zero-order valence-electron chi connectivity index (χ0n) is 16.4. The van der Waals surface area contributed by atoms with E-state index in [-0.39, 0.29) is 6.10 Å². The van der Waals surface area contributed by atoms with E-state index in [4.69, 9.17) is 14.5 Å². The topological polar surface area (TPSA) is 57.1 Å². The summed E-state index contributed by atoms with van der Waals surface area (Å²) in [7, 11) is 0. The Balaban J connectivity index is 1.60. The molecule has 3 aromatic heterocycles. The van der Waals surface area contributed by atoms with E-state index in [1.54, 1.807) is 17.5 Å². The zero-order valence-corrected chi connectivity index (χ0v) is 17.2. The first-order valence-electron chi connectivity index (χ1n) is 9.81. The molecule has 0 spiro atoms. The number of hydrogen-bond acceptors (Lipinski definition) is 6. The first-order chi connectivity index (χ1) is 13.7. The van der Waals surface area contributed by atoms with Crippen molar-refractivity contribution in [2.75, 3.05) is 0 Å². The fraction of sp³-hybridized carbons (Fsp3) is 0.409. The first-order valence-corrected chi connectivity index (χ1v) is 10.6. The van der Waals surface area contributed by atoms with Crippen LogP contribution in [0.1, 0.15) is 48.6 Å². The van der Waals surface area contributed by atoms with E-state index in [9.17, 15) is 0 Å². The van der Waals surface area contributed by atoms with Crippen LogP contribution in [0.2, 0.25) is 0 Å². The highest BCUT2D eigenvalue weighted by Gasteiger charge is 2.19. The molecule has 1 aliphatic rings. The van der Waals surface area contributed by atoms with Crippen molar-refractivity contribution in [3.8, 4) is 16.3 Å². The van der Waals surface area contributed by atoms with E-state index in [1.807, 2.05) is 38.2 Å². The van der Waals surface area contributed by atoms with Gasteiger partial charge in [0.25, 0.3) is 0 Å². The normalized spacial score (nSPS) is 13.5. The molecular formula is C22H25N3O2S. The van der Waals surface area contributed by atoms with Gasteiger partial charge in [-0.3, -0.25) is 4.98 Å². The highest BCUT2D eigenvalue weighted by Crippen LogP contribution is 2.36. The molecule has 146 valence electrons. The van der Waals surface area contributed by atoms with Crippen LogP contribution in [-0.2, 0) is 30.8 Å². The lowest BCUT2D eigenvalue weighted by atomic mass is 9.92. The summed E-state index contributed by atoms with van der Waals surface area (Å²) >= 11 is 1.69. The molecule has 3 aromatic rings. The molecule has 0 saturated heterocycles. The van der Waals surface area contributed by atoms with Gasteiger partial charge in [0.15, 0.2) is 0 Å². The Morgan fingerprint density at radius 1 is 1.11 bits per heavy atom. The SMILES string of the molecule is CC(C)OCc1ncc(-c2cc(OCc3ccccn3)nc3c2CCCC3)s1. The molecule has 0 aromatic carbocycles. The fourth-order valence-corrected chi connectivity index (χ4v) is 4.23. The van der Waals surface area contributed by atoms with E-state index < -0.39 is 0 Å². The monoisotopic (exact) mass is 395 g/mol. The lowest BCUT2D eigenvalue weighted by Crippen LogP contribution is -2.09. The van der Waals surface area contributed by atoms with Gasteiger partial charge in [0.05, 0.1) is 23.3 Å². The van der Waals surface area contributed by atoms with Gasteiger partial charge in [-0.25, -0.2) is 9.97 Å². The zero-order chi connectivity index (χ0) is 19.3. The van der Waals surface area contributed by atoms with E-state index in [2.05, 4.69) is 16.0 Å². The molecule has 6 heteroatoms. The molecule has 5 nitrogen and oxygen atoms in total. The van der Waals surface area contributed by atoms with E-state index in [1.165, 1.54) is 24.0 Å². The minimum absolute atomic E-state index is 0.202. The molecule has 0 bridgehead atoms. The van der Waals surface area contributed by atoms with Gasteiger partial charge in [0.2, 0.25) is 5.88 Å². The molecule has 0 fully saturated rings. The van der Waals surface area contributed by atoms with E-state index in [0.29, 0.717) is 19.1 Å². The number of rotatable bonds is 7. The molecule has 28 heavy (non-hydrogen) atoms. The summed E-state index contributed by atoms with van der Waals surface area (Å²) in [5.74, 6) is 0.662. The van der Waals surface area contributed by atoms with Crippen LogP contribution >= 0.6 is 11.3 Å². The number of hydrogen-bond donors (Lipinski definition) is 0. The highest BCUT2D eigenvalue weighted by molar-refractivity contribution is 7.15. The van der Waals surface area contributed by atoms with E-state index in [0.717, 1.165) is 34.1 Å². The first kappa shape index (κ1) is 19.0. The number of aryl methyl sites for hydroxylation is 1. The lowest BCUT2D eigenvalue weighted by molar-refractivity contribution is 0.0656. The van der Waals surface area contributed by atoms with Crippen molar-refractivity contribution in [2.45, 2.75) is 58.8 Å². The van der Waals surface area contributed by atoms with Gasteiger partial charge in [0.1, 0.15) is 11.6 Å². The Kier molecular flexibility index (Phi) is 5.98. The third-order valence-corrected chi connectivity index (χ3v) is 5.73. The van der Waals surface area contributed by atoms with Crippen molar-refractivity contribution in [1.29, 1.82) is 0 Å². The summed E-state index contributed by atoms with van der Waals surface area (Å²) in [6.07, 6.45) is 8.39. The van der Waals surface area contributed by atoms with Gasteiger partial charge in [-0.2, -0.15) is 0 Å². The Bertz CT molecular complexity index is 925. The third kappa shape index (κ3) is 4.56. The molecule has 1 aliphatic carbocycles. The molecule has 0 unspecified atom stereocenters. The number of nitrogens with zero attached hydrogens (tertiary/aromatic N) is 3. The Labute approximate surface area is 169 Å². The van der Waals surface area contributed by atoms with Gasteiger partial charge in [-0.1, -0.05) is 6.07 Å². The van der Waals surface area contributed by atoms with Gasteiger partial charge in [-0.05, 0) is 57.2 Å². The van der Waals surface area contributed by atoms with Crippen LogP contribution in [-0.4, -0.2) is 21.1 Å². The minimum atomic E-state index is 0.202. The smallest absolute Gasteiger partial charge is 0.214 e. The van der Waals surface area contributed by atoms with Gasteiger partial charge in [0, 0.05) is 29.7 Å². The Morgan fingerprint density at radius 3 is 2.82 bits per heavy atom. The molecule has 4 rings (SSSR count). The Hall–Kier alpha value is -2.31. The third-order valence-electron chi connectivity index (χ3n) is 4.73. The van der Waals surface area contributed by atoms with Crippen LogP contribution in [0.5, 0.6) is 5.88 Å². The quantitative estimate of drug-likeness (QED) is 0.564. The number of pyridine rings is 2. The average molecular weight is 396 g/mol. The Morgan fingerprint density at radius 2 is 2.00 bits per heavy atom. The van der Waals surface area contributed by atoms with Crippen LogP contribution in [0.4, 0.5) is 0 Å². The lowest BCUT2D eigenvalue weighted by Gasteiger charge is -2.19. The molecule has 0 saturated carbocycles. The second-order valence-electron chi connectivity index (χ2n) is 7.23. The largest absolute Gasteiger partial charge is 0.471 e. The predicted octanol–water partition coefficient (Wildman–Crippen LogP) is 4.98. The molecule has 0 radical (unpaired) electrons. The highest BCUT2D eigenvalue weighted by atomic mass is 32.1. The van der Waals surface area contributed by atoms with Crippen LogP contribution in [0.3, 0.4) is 0 Å². The molecule has 0 aliphatic heterocycles. The number of thiazole rings is 1.